The van der Waals surface area contributed by atoms with Gasteiger partial charge in [0.05, 0.1) is 29.2 Å². The molecule has 1 aromatic carbocycles. The molecular formula is C25H39KN4O3S. The number of nitrogens with one attached hydrogen (secondary N) is 2. The minimum absolute atomic E-state index is 0. The molecule has 2 aromatic rings. The zero-order valence-electron chi connectivity index (χ0n) is 20.9. The predicted molar refractivity (Wildman–Crippen MR) is 137 cm³/mol. The van der Waals surface area contributed by atoms with Crippen LogP contribution in [0.3, 0.4) is 0 Å². The number of carbonyl (C=O) groups excluding carboxylic acids is 2. The van der Waals surface area contributed by atoms with Crippen LogP contribution in [0.5, 0.6) is 5.75 Å². The first-order valence-electron chi connectivity index (χ1n) is 10.8. The summed E-state index contributed by atoms with van der Waals surface area (Å²) in [7, 11) is 3.64. The SMILES string of the molecule is C.CC(C)(C)C([NH-])C(=O)N1CCCC1C=O.CNCc1ccc(-c2scnc2C)cc1OC.[K+]. The first kappa shape index (κ1) is 33.3. The van der Waals surface area contributed by atoms with Crippen LogP contribution in [0.25, 0.3) is 16.2 Å². The number of ether oxygens (including phenoxy) is 1. The molecule has 3 rings (SSSR count). The Morgan fingerprint density at radius 3 is 2.59 bits per heavy atom. The Bertz CT molecular complexity index is 914. The zero-order valence-corrected chi connectivity index (χ0v) is 24.8. The van der Waals surface area contributed by atoms with Crippen LogP contribution in [-0.4, -0.2) is 54.9 Å². The minimum atomic E-state index is -0.780. The summed E-state index contributed by atoms with van der Waals surface area (Å²) in [4.78, 5) is 29.7. The van der Waals surface area contributed by atoms with Crippen LogP contribution >= 0.6 is 11.3 Å². The predicted octanol–water partition coefficient (Wildman–Crippen LogP) is 2.13. The van der Waals surface area contributed by atoms with E-state index in [4.69, 9.17) is 10.5 Å². The first-order valence-corrected chi connectivity index (χ1v) is 11.7. The second-order valence-electron chi connectivity index (χ2n) is 9.00. The molecule has 9 heteroatoms. The molecule has 1 amide bonds. The fourth-order valence-corrected chi connectivity index (χ4v) is 4.35. The summed E-state index contributed by atoms with van der Waals surface area (Å²) in [5, 5.41) is 3.13. The molecular weight excluding hydrogens is 475 g/mol. The van der Waals surface area contributed by atoms with Gasteiger partial charge in [0.2, 0.25) is 5.91 Å². The summed E-state index contributed by atoms with van der Waals surface area (Å²) >= 11 is 1.66. The molecule has 0 spiro atoms. The maximum atomic E-state index is 11.9. The number of carbonyl (C=O) groups is 2. The number of methoxy groups -OCH3 is 1. The van der Waals surface area contributed by atoms with Crippen LogP contribution in [0.4, 0.5) is 0 Å². The number of aldehydes is 1. The monoisotopic (exact) mass is 514 g/mol. The number of hydrogen-bond donors (Lipinski definition) is 1. The Balaban J connectivity index is 0.000000610. The van der Waals surface area contributed by atoms with Gasteiger partial charge in [-0.1, -0.05) is 46.4 Å². The van der Waals surface area contributed by atoms with Gasteiger partial charge >= 0.3 is 51.4 Å². The van der Waals surface area contributed by atoms with E-state index in [2.05, 4.69) is 28.5 Å². The fourth-order valence-electron chi connectivity index (χ4n) is 3.55. The van der Waals surface area contributed by atoms with Crippen molar-refractivity contribution in [2.24, 2.45) is 5.41 Å². The van der Waals surface area contributed by atoms with Gasteiger partial charge in [-0.25, -0.2) is 4.98 Å². The topological polar surface area (TPSA) is 95.3 Å². The Kier molecular flexibility index (Phi) is 15.2. The number of hydrogen-bond acceptors (Lipinski definition) is 6. The third-order valence-corrected chi connectivity index (χ3v) is 6.49. The Morgan fingerprint density at radius 2 is 2.09 bits per heavy atom. The summed E-state index contributed by atoms with van der Waals surface area (Å²) in [5.74, 6) is 0.710. The molecule has 1 aromatic heterocycles. The number of thiazole rings is 1. The van der Waals surface area contributed by atoms with Crippen molar-refractivity contribution in [3.63, 3.8) is 0 Å². The molecule has 184 valence electrons. The van der Waals surface area contributed by atoms with Crippen LogP contribution in [0.15, 0.2) is 23.7 Å². The normalized spacial score (nSPS) is 15.9. The maximum Gasteiger partial charge on any atom is 1.00 e. The zero-order chi connectivity index (χ0) is 23.9. The van der Waals surface area contributed by atoms with E-state index >= 15 is 0 Å². The van der Waals surface area contributed by atoms with E-state index in [1.54, 1.807) is 23.3 Å². The van der Waals surface area contributed by atoms with Gasteiger partial charge in [-0.2, -0.15) is 0 Å². The molecule has 0 saturated carbocycles. The quantitative estimate of drug-likeness (QED) is 0.471. The van der Waals surface area contributed by atoms with Crippen molar-refractivity contribution in [2.45, 2.75) is 66.6 Å². The number of likely N-dealkylation sites (tertiary alicyclic amines) is 1. The van der Waals surface area contributed by atoms with Gasteiger partial charge in [-0.3, -0.25) is 4.79 Å². The number of benzene rings is 1. The molecule has 2 heterocycles. The molecule has 34 heavy (non-hydrogen) atoms. The average Bonchev–Trinajstić information content (AvgIpc) is 3.41. The van der Waals surface area contributed by atoms with Crippen LogP contribution < -0.4 is 61.4 Å². The number of nitrogens with zero attached hydrogens (tertiary/aromatic N) is 2. The smallest absolute Gasteiger partial charge is 0.666 e. The molecule has 1 aliphatic heterocycles. The first-order chi connectivity index (χ1) is 15.1. The molecule has 2 N–H and O–H groups in total. The molecule has 0 aliphatic carbocycles. The molecule has 2 unspecified atom stereocenters. The Morgan fingerprint density at radius 1 is 1.41 bits per heavy atom. The summed E-state index contributed by atoms with van der Waals surface area (Å²) in [6.07, 6.45) is 2.43. The van der Waals surface area contributed by atoms with Gasteiger partial charge < -0.3 is 25.5 Å². The summed E-state index contributed by atoms with van der Waals surface area (Å²) in [6.45, 7) is 9.07. The van der Waals surface area contributed by atoms with Crippen molar-refractivity contribution >= 4 is 23.5 Å². The molecule has 0 radical (unpaired) electrons. The maximum absolute atomic E-state index is 11.9. The number of rotatable bonds is 6. The van der Waals surface area contributed by atoms with E-state index in [1.807, 2.05) is 40.3 Å². The minimum Gasteiger partial charge on any atom is -0.666 e. The molecule has 1 saturated heterocycles. The van der Waals surface area contributed by atoms with Gasteiger partial charge in [0.25, 0.3) is 0 Å². The second-order valence-corrected chi connectivity index (χ2v) is 9.85. The molecule has 1 aliphatic rings. The summed E-state index contributed by atoms with van der Waals surface area (Å²) in [6, 6.07) is 5.22. The molecule has 0 bridgehead atoms. The van der Waals surface area contributed by atoms with Gasteiger partial charge in [0.15, 0.2) is 0 Å². The van der Waals surface area contributed by atoms with E-state index in [1.165, 1.54) is 16.0 Å². The van der Waals surface area contributed by atoms with Crippen LogP contribution in [0, 0.1) is 12.3 Å². The molecule has 7 nitrogen and oxygen atoms in total. The number of aryl methyl sites for hydroxylation is 1. The van der Waals surface area contributed by atoms with Gasteiger partial charge in [-0.15, -0.1) is 11.3 Å². The number of aromatic nitrogens is 1. The van der Waals surface area contributed by atoms with Crippen LogP contribution in [-0.2, 0) is 16.1 Å². The van der Waals surface area contributed by atoms with E-state index in [0.717, 1.165) is 37.1 Å². The molecule has 2 atom stereocenters. The van der Waals surface area contributed by atoms with E-state index in [-0.39, 0.29) is 76.2 Å². The number of amides is 1. The van der Waals surface area contributed by atoms with E-state index in [9.17, 15) is 9.59 Å². The van der Waals surface area contributed by atoms with Crippen LogP contribution in [0.2, 0.25) is 0 Å². The second kappa shape index (κ2) is 15.5. The van der Waals surface area contributed by atoms with Crippen molar-refractivity contribution in [3.05, 3.63) is 40.7 Å². The Labute approximate surface area is 251 Å². The van der Waals surface area contributed by atoms with Gasteiger partial charge in [0.1, 0.15) is 12.0 Å². The van der Waals surface area contributed by atoms with E-state index < -0.39 is 6.04 Å². The Hall–Kier alpha value is -0.654. The van der Waals surface area contributed by atoms with Crippen molar-refractivity contribution in [3.8, 4) is 16.2 Å². The summed E-state index contributed by atoms with van der Waals surface area (Å²) < 4.78 is 5.42. The molecule has 1 fully saturated rings. The largest absolute Gasteiger partial charge is 1.00 e. The van der Waals surface area contributed by atoms with Crippen molar-refractivity contribution in [1.29, 1.82) is 0 Å². The third-order valence-electron chi connectivity index (χ3n) is 5.51. The van der Waals surface area contributed by atoms with Crippen molar-refractivity contribution in [1.82, 2.24) is 15.2 Å². The third kappa shape index (κ3) is 8.78. The average molecular weight is 515 g/mol. The standard InChI is InChI=1S/C13H16N2OS.C11H19N2O2.CH4.K/c1-9-13(17-8-15-9)10-4-5-11(7-14-2)12(6-10)16-3;1-11(2,3)9(12)10(15)13-6-4-5-8(13)7-14;;/h4-6,8,14H,7H2,1-3H3;7-9,12H,4-6H2,1-3H3;1H4;/q;-1;;+1. The summed E-state index contributed by atoms with van der Waals surface area (Å²) in [5.41, 5.74) is 12.8. The van der Waals surface area contributed by atoms with Gasteiger partial charge in [-0.05, 0) is 43.9 Å². The van der Waals surface area contributed by atoms with Gasteiger partial charge in [0, 0.05) is 18.7 Å². The van der Waals surface area contributed by atoms with Crippen molar-refractivity contribution in [2.75, 3.05) is 20.7 Å². The van der Waals surface area contributed by atoms with Crippen molar-refractivity contribution < 1.29 is 65.7 Å². The van der Waals surface area contributed by atoms with Crippen LogP contribution in [0.1, 0.15) is 52.3 Å². The van der Waals surface area contributed by atoms with E-state index in [0.29, 0.717) is 6.54 Å². The fraction of sp³-hybridized carbons (Fsp3) is 0.560.